The molecule has 8 heteroatoms. The Hall–Kier alpha value is -1.60. The maximum absolute atomic E-state index is 13.1. The highest BCUT2D eigenvalue weighted by Crippen LogP contribution is 2.41. The molecule has 0 saturated carbocycles. The van der Waals surface area contributed by atoms with Crippen LogP contribution in [-0.2, 0) is 0 Å². The molecule has 2 rings (SSSR count). The van der Waals surface area contributed by atoms with Crippen molar-refractivity contribution >= 4 is 23.2 Å². The van der Waals surface area contributed by atoms with Gasteiger partial charge >= 0.3 is 6.18 Å². The van der Waals surface area contributed by atoms with Crippen molar-refractivity contribution in [1.82, 2.24) is 5.01 Å². The molecule has 0 spiro atoms. The molecule has 0 aromatic heterocycles. The predicted octanol–water partition coefficient (Wildman–Crippen LogP) is 3.20. The zero-order valence-electron chi connectivity index (χ0n) is 11.0. The van der Waals surface area contributed by atoms with Crippen LogP contribution in [-0.4, -0.2) is 33.6 Å². The Balaban J connectivity index is 2.40. The van der Waals surface area contributed by atoms with Gasteiger partial charge < -0.3 is 5.11 Å². The molecule has 1 aromatic carbocycles. The Kier molecular flexibility index (Phi) is 3.99. The molecule has 1 aromatic rings. The quantitative estimate of drug-likeness (QED) is 0.909. The third-order valence-electron chi connectivity index (χ3n) is 3.19. The number of carbonyl (C=O) groups is 1. The van der Waals surface area contributed by atoms with E-state index < -0.39 is 24.2 Å². The number of nitrogens with zero attached hydrogens (tertiary/aromatic N) is 2. The molecule has 1 aliphatic heterocycles. The van der Waals surface area contributed by atoms with E-state index in [2.05, 4.69) is 5.10 Å². The number of rotatable bonds is 2. The van der Waals surface area contributed by atoms with E-state index in [1.807, 2.05) is 0 Å². The van der Waals surface area contributed by atoms with Crippen molar-refractivity contribution in [2.45, 2.75) is 31.7 Å². The number of halogens is 4. The number of amides is 1. The van der Waals surface area contributed by atoms with Crippen molar-refractivity contribution < 1.29 is 23.1 Å². The predicted molar refractivity (Wildman–Crippen MR) is 71.0 cm³/mol. The molecule has 0 bridgehead atoms. The molecule has 1 aliphatic rings. The second kappa shape index (κ2) is 5.31. The van der Waals surface area contributed by atoms with Crippen molar-refractivity contribution in [3.05, 3.63) is 34.9 Å². The molecule has 1 atom stereocenters. The molecule has 0 radical (unpaired) electrons. The first-order valence-electron chi connectivity index (χ1n) is 6.14. The molecule has 1 N–H and O–H groups in total. The van der Waals surface area contributed by atoms with Crippen LogP contribution in [0.25, 0.3) is 0 Å². The van der Waals surface area contributed by atoms with Crippen molar-refractivity contribution in [2.75, 3.05) is 0 Å². The Morgan fingerprint density at radius 1 is 1.43 bits per heavy atom. The third-order valence-corrected chi connectivity index (χ3v) is 3.44. The lowest BCUT2D eigenvalue weighted by molar-refractivity contribution is -0.297. The number of alkyl halides is 3. The van der Waals surface area contributed by atoms with E-state index in [1.54, 1.807) is 6.92 Å². The molecular formula is C13H12ClF3N2O2. The van der Waals surface area contributed by atoms with Crippen LogP contribution >= 0.6 is 11.6 Å². The number of benzene rings is 1. The van der Waals surface area contributed by atoms with Gasteiger partial charge in [0.1, 0.15) is 0 Å². The van der Waals surface area contributed by atoms with E-state index >= 15 is 0 Å². The third kappa shape index (κ3) is 2.75. The molecule has 0 unspecified atom stereocenters. The lowest BCUT2D eigenvalue weighted by atomic mass is 10.0. The summed E-state index contributed by atoms with van der Waals surface area (Å²) in [5.74, 6) is -1.03. The second-order valence-corrected chi connectivity index (χ2v) is 5.07. The van der Waals surface area contributed by atoms with Gasteiger partial charge in [0.25, 0.3) is 11.6 Å². The van der Waals surface area contributed by atoms with Crippen molar-refractivity contribution in [3.8, 4) is 0 Å². The molecular weight excluding hydrogens is 309 g/mol. The minimum atomic E-state index is -5.00. The van der Waals surface area contributed by atoms with Crippen LogP contribution in [0.15, 0.2) is 29.4 Å². The van der Waals surface area contributed by atoms with Crippen LogP contribution in [0.4, 0.5) is 13.2 Å². The summed E-state index contributed by atoms with van der Waals surface area (Å²) < 4.78 is 39.3. The van der Waals surface area contributed by atoms with Crippen LogP contribution in [0.5, 0.6) is 0 Å². The number of carbonyl (C=O) groups excluding carboxylic acids is 1. The zero-order valence-corrected chi connectivity index (χ0v) is 11.7. The van der Waals surface area contributed by atoms with E-state index in [1.165, 1.54) is 24.3 Å². The SMILES string of the molecule is CCC1=NN(C(=O)c2ccc(Cl)cc2)[C@@](O)(C(F)(F)F)C1. The van der Waals surface area contributed by atoms with Gasteiger partial charge in [0.15, 0.2) is 0 Å². The minimum Gasteiger partial charge on any atom is -0.362 e. The summed E-state index contributed by atoms with van der Waals surface area (Å²) in [4.78, 5) is 12.2. The van der Waals surface area contributed by atoms with Crippen LogP contribution in [0.3, 0.4) is 0 Å². The fraction of sp³-hybridized carbons (Fsp3) is 0.385. The molecule has 1 heterocycles. The van der Waals surface area contributed by atoms with Gasteiger partial charge in [0.2, 0.25) is 0 Å². The smallest absolute Gasteiger partial charge is 0.362 e. The van der Waals surface area contributed by atoms with Crippen LogP contribution in [0.1, 0.15) is 30.1 Å². The standard InChI is InChI=1S/C13H12ClF3N2O2/c1-2-10-7-12(21,13(15,16)17)19(18-10)11(20)8-3-5-9(14)6-4-8/h3-6,21H,2,7H2,1H3/t12-/m0/s1. The molecule has 21 heavy (non-hydrogen) atoms. The van der Waals surface area contributed by atoms with Gasteiger partial charge in [-0.15, -0.1) is 0 Å². The Morgan fingerprint density at radius 3 is 2.48 bits per heavy atom. The normalized spacial score (nSPS) is 22.4. The first-order valence-corrected chi connectivity index (χ1v) is 6.52. The molecule has 114 valence electrons. The number of hydrogen-bond acceptors (Lipinski definition) is 3. The summed E-state index contributed by atoms with van der Waals surface area (Å²) in [6.07, 6.45) is -5.54. The van der Waals surface area contributed by atoms with Gasteiger partial charge in [-0.1, -0.05) is 18.5 Å². The summed E-state index contributed by atoms with van der Waals surface area (Å²) in [5.41, 5.74) is -3.24. The van der Waals surface area contributed by atoms with Gasteiger partial charge in [0.05, 0.1) is 0 Å². The average Bonchev–Trinajstić information content (AvgIpc) is 2.77. The average molecular weight is 321 g/mol. The lowest BCUT2D eigenvalue weighted by Gasteiger charge is -2.32. The Bertz CT molecular complexity index is 586. The zero-order chi connectivity index (χ0) is 15.8. The van der Waals surface area contributed by atoms with Gasteiger partial charge in [0, 0.05) is 22.7 Å². The van der Waals surface area contributed by atoms with Crippen molar-refractivity contribution in [2.24, 2.45) is 5.10 Å². The molecule has 4 nitrogen and oxygen atoms in total. The van der Waals surface area contributed by atoms with Crippen LogP contribution in [0, 0.1) is 0 Å². The van der Waals surface area contributed by atoms with E-state index in [0.29, 0.717) is 5.02 Å². The van der Waals surface area contributed by atoms with Crippen molar-refractivity contribution in [3.63, 3.8) is 0 Å². The molecule has 0 saturated heterocycles. The van der Waals surface area contributed by atoms with E-state index in [4.69, 9.17) is 11.6 Å². The minimum absolute atomic E-state index is 0.0387. The van der Waals surface area contributed by atoms with E-state index in [0.717, 1.165) is 0 Å². The fourth-order valence-corrected chi connectivity index (χ4v) is 2.09. The van der Waals surface area contributed by atoms with Gasteiger partial charge in [-0.05, 0) is 30.7 Å². The maximum Gasteiger partial charge on any atom is 0.438 e. The first-order chi connectivity index (χ1) is 9.69. The highest BCUT2D eigenvalue weighted by Gasteiger charge is 2.63. The summed E-state index contributed by atoms with van der Waals surface area (Å²) in [6, 6.07) is 5.31. The van der Waals surface area contributed by atoms with Gasteiger partial charge in [-0.3, -0.25) is 4.79 Å². The highest BCUT2D eigenvalue weighted by molar-refractivity contribution is 6.30. The van der Waals surface area contributed by atoms with Crippen molar-refractivity contribution in [1.29, 1.82) is 0 Å². The summed E-state index contributed by atoms with van der Waals surface area (Å²) in [7, 11) is 0. The molecule has 0 fully saturated rings. The fourth-order valence-electron chi connectivity index (χ4n) is 1.96. The molecule has 1 amide bonds. The van der Waals surface area contributed by atoms with Gasteiger partial charge in [-0.25, -0.2) is 0 Å². The molecule has 0 aliphatic carbocycles. The Morgan fingerprint density at radius 2 is 2.00 bits per heavy atom. The number of hydrazone groups is 1. The topological polar surface area (TPSA) is 52.9 Å². The van der Waals surface area contributed by atoms with Crippen LogP contribution in [0.2, 0.25) is 5.02 Å². The monoisotopic (exact) mass is 320 g/mol. The summed E-state index contributed by atoms with van der Waals surface area (Å²) in [5, 5.41) is 14.0. The largest absolute Gasteiger partial charge is 0.438 e. The number of hydrogen-bond donors (Lipinski definition) is 1. The summed E-state index contributed by atoms with van der Waals surface area (Å²) >= 11 is 5.67. The first kappa shape index (κ1) is 15.8. The summed E-state index contributed by atoms with van der Waals surface area (Å²) in [6.45, 7) is 1.60. The lowest BCUT2D eigenvalue weighted by Crippen LogP contribution is -2.56. The second-order valence-electron chi connectivity index (χ2n) is 4.63. The maximum atomic E-state index is 13.1. The van der Waals surface area contributed by atoms with E-state index in [9.17, 15) is 23.1 Å². The Labute approximate surface area is 123 Å². The van der Waals surface area contributed by atoms with Gasteiger partial charge in [-0.2, -0.15) is 23.3 Å². The number of aliphatic hydroxyl groups is 1. The highest BCUT2D eigenvalue weighted by atomic mass is 35.5. The van der Waals surface area contributed by atoms with E-state index in [-0.39, 0.29) is 22.7 Å². The van der Waals surface area contributed by atoms with Crippen LogP contribution < -0.4 is 0 Å².